The van der Waals surface area contributed by atoms with Crippen LogP contribution in [0.3, 0.4) is 0 Å². The standard InChI is InChI=1S/C37H56O9/c1-32(2)14-16-37(31(43)44)17-15-35(6)20(22(37)18-32)8-9-24-34(5)12-10-21(33(3,4)23(34)11-13-36(24,35)7)25(39)29-27(41)26(40)28(42)30(46-29)45-19-38/h8,19,21-24,26-30,40-42H,9-18H2,1-7H3,(H,43,44)/t21-,22?,23?,24?,26+,27?,28-,29-,30?,34-,35+,36+,37-/m0/s1. The molecule has 0 aromatic rings. The highest BCUT2D eigenvalue weighted by Crippen LogP contribution is 2.76. The lowest BCUT2D eigenvalue weighted by Gasteiger charge is -2.71. The smallest absolute Gasteiger partial charge is 0.310 e. The fourth-order valence-electron chi connectivity index (χ4n) is 12.6. The van der Waals surface area contributed by atoms with Gasteiger partial charge in [0.25, 0.3) is 6.47 Å². The number of allylic oxidation sites excluding steroid dienone is 2. The molecule has 5 aliphatic carbocycles. The van der Waals surface area contributed by atoms with Crippen LogP contribution in [-0.4, -0.2) is 69.4 Å². The average Bonchev–Trinajstić information content (AvgIpc) is 2.97. The van der Waals surface area contributed by atoms with Gasteiger partial charge in [-0.2, -0.15) is 0 Å². The first kappa shape index (κ1) is 34.1. The van der Waals surface area contributed by atoms with E-state index in [-0.39, 0.29) is 45.8 Å². The second-order valence-electron chi connectivity index (χ2n) is 18.1. The van der Waals surface area contributed by atoms with Crippen LogP contribution in [0.2, 0.25) is 0 Å². The summed E-state index contributed by atoms with van der Waals surface area (Å²) in [5.74, 6) is -0.753. The van der Waals surface area contributed by atoms with Crippen molar-refractivity contribution in [2.75, 3.05) is 0 Å². The average molecular weight is 645 g/mol. The zero-order chi connectivity index (χ0) is 33.8. The third kappa shape index (κ3) is 4.50. The molecule has 4 N–H and O–H groups in total. The van der Waals surface area contributed by atoms with Gasteiger partial charge in [-0.1, -0.05) is 60.1 Å². The number of Topliss-reactive ketones (excluding diaryl/α,β-unsaturated/α-hetero) is 1. The molecule has 0 aromatic carbocycles. The number of carboxylic acid groups (broad SMARTS) is 1. The van der Waals surface area contributed by atoms with Gasteiger partial charge in [0, 0.05) is 5.92 Å². The Kier molecular flexibility index (Phi) is 8.03. The molecule has 0 amide bonds. The van der Waals surface area contributed by atoms with Crippen LogP contribution < -0.4 is 0 Å². The van der Waals surface area contributed by atoms with E-state index < -0.39 is 53.4 Å². The van der Waals surface area contributed by atoms with Gasteiger partial charge >= 0.3 is 5.97 Å². The molecule has 0 aromatic heterocycles. The summed E-state index contributed by atoms with van der Waals surface area (Å²) in [6, 6.07) is 0. The molecule has 1 aliphatic heterocycles. The van der Waals surface area contributed by atoms with Crippen molar-refractivity contribution < 1.29 is 44.3 Å². The highest BCUT2D eigenvalue weighted by molar-refractivity contribution is 5.87. The van der Waals surface area contributed by atoms with Crippen LogP contribution in [0.25, 0.3) is 0 Å². The molecule has 5 unspecified atom stereocenters. The van der Waals surface area contributed by atoms with Crippen LogP contribution in [0.1, 0.15) is 113 Å². The predicted molar refractivity (Wildman–Crippen MR) is 169 cm³/mol. The Morgan fingerprint density at radius 1 is 0.870 bits per heavy atom. The number of carbonyl (C=O) groups is 3. The molecule has 9 heteroatoms. The van der Waals surface area contributed by atoms with Crippen molar-refractivity contribution in [1.29, 1.82) is 0 Å². The first-order valence-corrected chi connectivity index (χ1v) is 17.6. The van der Waals surface area contributed by atoms with Crippen LogP contribution >= 0.6 is 0 Å². The number of ketones is 1. The topological polar surface area (TPSA) is 151 Å². The summed E-state index contributed by atoms with van der Waals surface area (Å²) < 4.78 is 10.4. The third-order valence-electron chi connectivity index (χ3n) is 15.5. The lowest BCUT2D eigenvalue weighted by atomic mass is 9.33. The number of rotatable bonds is 5. The number of aliphatic hydroxyl groups is 3. The zero-order valence-electron chi connectivity index (χ0n) is 28.8. The SMILES string of the molecule is CC1(C)CC[C@]2(C(=O)O)CC[C@]3(C)C(=CCC4[C@@]5(C)CC[C@@H](C(=O)[C@@H]6OC(OC=O)[C@@H](O)[C@H](O)C6O)C(C)(C)C5CC[C@]43C)C2C1. The Morgan fingerprint density at radius 2 is 1.54 bits per heavy atom. The minimum Gasteiger partial charge on any atom is -0.481 e. The van der Waals surface area contributed by atoms with Gasteiger partial charge in [-0.05, 0) is 109 Å². The summed E-state index contributed by atoms with van der Waals surface area (Å²) in [4.78, 5) is 38.1. The van der Waals surface area contributed by atoms with E-state index >= 15 is 0 Å². The summed E-state index contributed by atoms with van der Waals surface area (Å²) in [6.07, 6.45) is 3.01. The number of aliphatic carboxylic acids is 1. The molecule has 5 fully saturated rings. The molecule has 0 spiro atoms. The maximum atomic E-state index is 14.1. The van der Waals surface area contributed by atoms with Crippen LogP contribution in [0.15, 0.2) is 11.6 Å². The van der Waals surface area contributed by atoms with Crippen molar-refractivity contribution in [1.82, 2.24) is 0 Å². The largest absolute Gasteiger partial charge is 0.481 e. The van der Waals surface area contributed by atoms with Crippen molar-refractivity contribution in [2.45, 2.75) is 143 Å². The number of fused-ring (bicyclic) bond motifs is 7. The predicted octanol–water partition coefficient (Wildman–Crippen LogP) is 5.04. The van der Waals surface area contributed by atoms with E-state index in [4.69, 9.17) is 9.47 Å². The van der Waals surface area contributed by atoms with Crippen LogP contribution in [0, 0.1) is 56.2 Å². The number of carboxylic acids is 1. The van der Waals surface area contributed by atoms with Crippen LogP contribution in [0.5, 0.6) is 0 Å². The van der Waals surface area contributed by atoms with Crippen molar-refractivity contribution in [3.63, 3.8) is 0 Å². The normalized spacial score (nSPS) is 50.8. The maximum absolute atomic E-state index is 14.1. The molecule has 1 saturated heterocycles. The second kappa shape index (κ2) is 10.8. The molecule has 4 saturated carbocycles. The molecule has 1 heterocycles. The van der Waals surface area contributed by atoms with Crippen molar-refractivity contribution in [2.24, 2.45) is 56.2 Å². The molecule has 6 rings (SSSR count). The highest BCUT2D eigenvalue weighted by Gasteiger charge is 2.70. The maximum Gasteiger partial charge on any atom is 0.310 e. The van der Waals surface area contributed by atoms with Crippen molar-refractivity contribution >= 4 is 18.2 Å². The fourth-order valence-corrected chi connectivity index (χ4v) is 12.6. The van der Waals surface area contributed by atoms with Gasteiger partial charge in [0.15, 0.2) is 5.78 Å². The molecule has 46 heavy (non-hydrogen) atoms. The van der Waals surface area contributed by atoms with E-state index in [9.17, 15) is 34.8 Å². The fraction of sp³-hybridized carbons (Fsp3) is 0.865. The Balaban J connectivity index is 1.31. The van der Waals surface area contributed by atoms with Gasteiger partial charge in [0.2, 0.25) is 6.29 Å². The molecule has 0 bridgehead atoms. The highest BCUT2D eigenvalue weighted by atomic mass is 16.7. The molecule has 9 nitrogen and oxygen atoms in total. The molecule has 13 atom stereocenters. The Bertz CT molecular complexity index is 1310. The van der Waals surface area contributed by atoms with Gasteiger partial charge in [-0.15, -0.1) is 0 Å². The Morgan fingerprint density at radius 3 is 2.20 bits per heavy atom. The minimum atomic E-state index is -1.69. The van der Waals surface area contributed by atoms with Crippen molar-refractivity contribution in [3.05, 3.63) is 11.6 Å². The first-order valence-electron chi connectivity index (χ1n) is 17.6. The summed E-state index contributed by atoms with van der Waals surface area (Å²) in [5.41, 5.74) is 0.232. The number of carbonyl (C=O) groups excluding carboxylic acids is 2. The molecular weight excluding hydrogens is 588 g/mol. The van der Waals surface area contributed by atoms with Gasteiger partial charge in [0.05, 0.1) is 5.41 Å². The van der Waals surface area contributed by atoms with Crippen molar-refractivity contribution in [3.8, 4) is 0 Å². The van der Waals surface area contributed by atoms with E-state index in [0.717, 1.165) is 57.8 Å². The number of aliphatic hydroxyl groups excluding tert-OH is 3. The Labute approximate surface area is 273 Å². The minimum absolute atomic E-state index is 0.0101. The number of ether oxygens (including phenoxy) is 2. The molecule has 258 valence electrons. The second-order valence-corrected chi connectivity index (χ2v) is 18.1. The monoisotopic (exact) mass is 644 g/mol. The van der Waals surface area contributed by atoms with Gasteiger partial charge < -0.3 is 29.9 Å². The summed E-state index contributed by atoms with van der Waals surface area (Å²) in [5, 5.41) is 42.2. The summed E-state index contributed by atoms with van der Waals surface area (Å²) in [7, 11) is 0. The molecule has 6 aliphatic rings. The summed E-state index contributed by atoms with van der Waals surface area (Å²) in [6.45, 7) is 16.3. The van der Waals surface area contributed by atoms with E-state index in [1.807, 2.05) is 0 Å². The van der Waals surface area contributed by atoms with E-state index in [1.165, 1.54) is 5.57 Å². The van der Waals surface area contributed by atoms with E-state index in [2.05, 4.69) is 54.5 Å². The van der Waals surface area contributed by atoms with E-state index in [1.54, 1.807) is 0 Å². The number of hydrogen-bond donors (Lipinski definition) is 4. The zero-order valence-corrected chi connectivity index (χ0v) is 28.8. The first-order chi connectivity index (χ1) is 21.3. The molecular formula is C37H56O9. The van der Waals surface area contributed by atoms with E-state index in [0.29, 0.717) is 12.3 Å². The van der Waals surface area contributed by atoms with Crippen LogP contribution in [0.4, 0.5) is 0 Å². The number of hydrogen-bond acceptors (Lipinski definition) is 8. The van der Waals surface area contributed by atoms with Crippen LogP contribution in [-0.2, 0) is 23.9 Å². The van der Waals surface area contributed by atoms with Gasteiger partial charge in [-0.25, -0.2) is 0 Å². The molecule has 0 radical (unpaired) electrons. The van der Waals surface area contributed by atoms with Gasteiger partial charge in [0.1, 0.15) is 24.4 Å². The lowest BCUT2D eigenvalue weighted by molar-refractivity contribution is -0.280. The van der Waals surface area contributed by atoms with Gasteiger partial charge in [-0.3, -0.25) is 14.4 Å². The third-order valence-corrected chi connectivity index (χ3v) is 15.5. The summed E-state index contributed by atoms with van der Waals surface area (Å²) >= 11 is 0. The quantitative estimate of drug-likeness (QED) is 0.238. The lowest BCUT2D eigenvalue weighted by Crippen LogP contribution is -2.66. The Hall–Kier alpha value is -1.81.